The van der Waals surface area contributed by atoms with Crippen molar-refractivity contribution < 1.29 is 4.99 Å². The summed E-state index contributed by atoms with van der Waals surface area (Å²) < 4.78 is 0. The Hall–Kier alpha value is -1.71. The largest absolute Gasteiger partial charge is 0.371 e. The fourth-order valence-electron chi connectivity index (χ4n) is 1.18. The molecule has 0 spiro atoms. The molecule has 5 N–H and O–H groups in total. The third-order valence-electron chi connectivity index (χ3n) is 1.97. The van der Waals surface area contributed by atoms with Gasteiger partial charge in [0, 0.05) is 19.3 Å². The number of likely N-dealkylation sites (N-methyl/N-ethyl adjacent to an activating group) is 1. The van der Waals surface area contributed by atoms with Crippen molar-refractivity contribution in [3.8, 4) is 0 Å². The molecule has 0 atom stereocenters. The molecule has 0 amide bonds. The number of nitrogens with zero attached hydrogens (tertiary/aromatic N) is 1. The van der Waals surface area contributed by atoms with Gasteiger partial charge in [0.1, 0.15) is 0 Å². The van der Waals surface area contributed by atoms with E-state index in [-0.39, 0.29) is 5.96 Å². The van der Waals surface area contributed by atoms with Crippen LogP contribution in [0.25, 0.3) is 0 Å². The van der Waals surface area contributed by atoms with Gasteiger partial charge in [0.15, 0.2) is 0 Å². The second-order valence-corrected chi connectivity index (χ2v) is 3.14. The average molecular weight is 193 g/mol. The lowest BCUT2D eigenvalue weighted by Gasteiger charge is -2.17. The molecule has 4 nitrogen and oxygen atoms in total. The minimum Gasteiger partial charge on any atom is -0.371 e. The zero-order chi connectivity index (χ0) is 10.4. The molecule has 0 aromatic heterocycles. The molecular weight excluding hydrogens is 176 g/mol. The van der Waals surface area contributed by atoms with Crippen molar-refractivity contribution in [3.63, 3.8) is 0 Å². The number of nitrogens with one attached hydrogen (secondary N) is 1. The Morgan fingerprint density at radius 1 is 1.29 bits per heavy atom. The number of hydrogen-bond acceptors (Lipinski definition) is 1. The topological polar surface area (TPSA) is 69.2 Å². The number of nitrogens with two attached hydrogens (primary N) is 2. The molecule has 1 aromatic rings. The van der Waals surface area contributed by atoms with Crippen LogP contribution in [0.2, 0.25) is 0 Å². The number of para-hydroxylation sites is 1. The summed E-state index contributed by atoms with van der Waals surface area (Å²) in [6, 6.07) is 10.2. The normalized spacial score (nSPS) is 9.50. The van der Waals surface area contributed by atoms with Crippen molar-refractivity contribution in [1.82, 2.24) is 0 Å². The quantitative estimate of drug-likeness (QED) is 0.402. The van der Waals surface area contributed by atoms with E-state index in [0.717, 1.165) is 13.1 Å². The van der Waals surface area contributed by atoms with Crippen LogP contribution in [0, 0.1) is 0 Å². The Kier molecular flexibility index (Phi) is 3.79. The van der Waals surface area contributed by atoms with E-state index in [9.17, 15) is 0 Å². The van der Waals surface area contributed by atoms with Crippen molar-refractivity contribution in [2.75, 3.05) is 25.0 Å². The molecule has 0 heterocycles. The fourth-order valence-corrected chi connectivity index (χ4v) is 1.18. The molecule has 0 bridgehead atoms. The van der Waals surface area contributed by atoms with Crippen LogP contribution in [0.15, 0.2) is 30.3 Å². The van der Waals surface area contributed by atoms with Gasteiger partial charge in [-0.2, -0.15) is 0 Å². The van der Waals surface area contributed by atoms with Crippen LogP contribution in [0.4, 0.5) is 5.69 Å². The molecule has 76 valence electrons. The first-order valence-corrected chi connectivity index (χ1v) is 4.58. The fraction of sp³-hybridized carbons (Fsp3) is 0.300. The molecule has 0 radical (unpaired) electrons. The van der Waals surface area contributed by atoms with Gasteiger partial charge in [0.05, 0.1) is 6.54 Å². The zero-order valence-corrected chi connectivity index (χ0v) is 8.40. The maximum absolute atomic E-state index is 5.28. The van der Waals surface area contributed by atoms with Crippen LogP contribution >= 0.6 is 0 Å². The highest BCUT2D eigenvalue weighted by atomic mass is 15.1. The molecule has 0 aliphatic heterocycles. The third-order valence-corrected chi connectivity index (χ3v) is 1.97. The van der Waals surface area contributed by atoms with Gasteiger partial charge in [-0.25, -0.2) is 0 Å². The number of hydrogen-bond donors (Lipinski definition) is 3. The second kappa shape index (κ2) is 5.11. The highest BCUT2D eigenvalue weighted by Gasteiger charge is 1.98. The monoisotopic (exact) mass is 193 g/mol. The predicted octanol–water partition coefficient (Wildman–Crippen LogP) is -1.52. The van der Waals surface area contributed by atoms with Crippen LogP contribution in [-0.4, -0.2) is 26.1 Å². The zero-order valence-electron chi connectivity index (χ0n) is 8.40. The molecule has 4 heteroatoms. The summed E-state index contributed by atoms with van der Waals surface area (Å²) in [7, 11) is 2.03. The van der Waals surface area contributed by atoms with Gasteiger partial charge in [0.2, 0.25) is 0 Å². The Labute approximate surface area is 84.2 Å². The second-order valence-electron chi connectivity index (χ2n) is 3.14. The molecular formula is C10H17N4+. The van der Waals surface area contributed by atoms with Crippen LogP contribution in [0.3, 0.4) is 0 Å². The van der Waals surface area contributed by atoms with Crippen molar-refractivity contribution in [2.24, 2.45) is 11.5 Å². The first-order valence-electron chi connectivity index (χ1n) is 4.58. The van der Waals surface area contributed by atoms with Gasteiger partial charge in [-0.3, -0.25) is 16.5 Å². The van der Waals surface area contributed by atoms with E-state index in [4.69, 9.17) is 11.5 Å². The SMILES string of the molecule is CN(CC[NH+]=C(N)N)c1ccccc1. The molecule has 0 aliphatic rings. The van der Waals surface area contributed by atoms with E-state index >= 15 is 0 Å². The van der Waals surface area contributed by atoms with Gasteiger partial charge < -0.3 is 4.90 Å². The van der Waals surface area contributed by atoms with Gasteiger partial charge in [-0.1, -0.05) is 18.2 Å². The molecule has 1 rings (SSSR count). The minimum absolute atomic E-state index is 0.270. The summed E-state index contributed by atoms with van der Waals surface area (Å²) in [5, 5.41) is 0. The predicted molar refractivity (Wildman–Crippen MR) is 58.9 cm³/mol. The van der Waals surface area contributed by atoms with Gasteiger partial charge in [-0.15, -0.1) is 0 Å². The standard InChI is InChI=1S/C10H16N4/c1-14(8-7-13-10(11)12)9-5-3-2-4-6-9/h2-6H,7-8H2,1H3,(H4,11,12,13)/p+1. The van der Waals surface area contributed by atoms with Crippen molar-refractivity contribution in [2.45, 2.75) is 0 Å². The summed E-state index contributed by atoms with van der Waals surface area (Å²) in [6.07, 6.45) is 0. The Balaban J connectivity index is 2.43. The average Bonchev–Trinajstić information content (AvgIpc) is 2.18. The highest BCUT2D eigenvalue weighted by Crippen LogP contribution is 2.09. The van der Waals surface area contributed by atoms with Crippen LogP contribution in [-0.2, 0) is 0 Å². The number of anilines is 1. The molecule has 0 saturated heterocycles. The van der Waals surface area contributed by atoms with Gasteiger partial charge in [0.25, 0.3) is 0 Å². The summed E-state index contributed by atoms with van der Waals surface area (Å²) in [6.45, 7) is 1.61. The van der Waals surface area contributed by atoms with E-state index in [1.165, 1.54) is 5.69 Å². The molecule has 0 unspecified atom stereocenters. The van der Waals surface area contributed by atoms with E-state index in [1.54, 1.807) is 0 Å². The maximum atomic E-state index is 5.28. The van der Waals surface area contributed by atoms with Crippen molar-refractivity contribution in [3.05, 3.63) is 30.3 Å². The third kappa shape index (κ3) is 3.35. The summed E-state index contributed by atoms with van der Waals surface area (Å²) in [4.78, 5) is 5.01. The van der Waals surface area contributed by atoms with E-state index < -0.39 is 0 Å². The smallest absolute Gasteiger partial charge is 0.338 e. The summed E-state index contributed by atoms with van der Waals surface area (Å²) in [5.74, 6) is 0.270. The lowest BCUT2D eigenvalue weighted by molar-refractivity contribution is -0.455. The Bertz CT molecular complexity index is 290. The Morgan fingerprint density at radius 3 is 2.50 bits per heavy atom. The van der Waals surface area contributed by atoms with Gasteiger partial charge in [-0.05, 0) is 12.1 Å². The van der Waals surface area contributed by atoms with Crippen LogP contribution < -0.4 is 21.4 Å². The molecule has 0 saturated carbocycles. The molecule has 0 aliphatic carbocycles. The summed E-state index contributed by atoms with van der Waals surface area (Å²) in [5.41, 5.74) is 11.7. The van der Waals surface area contributed by atoms with Crippen LogP contribution in [0.5, 0.6) is 0 Å². The first-order chi connectivity index (χ1) is 6.70. The summed E-state index contributed by atoms with van der Waals surface area (Å²) >= 11 is 0. The van der Waals surface area contributed by atoms with E-state index in [0.29, 0.717) is 0 Å². The lowest BCUT2D eigenvalue weighted by Crippen LogP contribution is -2.79. The minimum atomic E-state index is 0.270. The Morgan fingerprint density at radius 2 is 1.93 bits per heavy atom. The number of guanidine groups is 1. The lowest BCUT2D eigenvalue weighted by atomic mass is 10.3. The first kappa shape index (κ1) is 10.4. The molecule has 14 heavy (non-hydrogen) atoms. The molecule has 0 fully saturated rings. The van der Waals surface area contributed by atoms with Crippen LogP contribution in [0.1, 0.15) is 0 Å². The van der Waals surface area contributed by atoms with Gasteiger partial charge >= 0.3 is 5.96 Å². The molecule has 1 aromatic carbocycles. The number of benzene rings is 1. The van der Waals surface area contributed by atoms with Crippen molar-refractivity contribution in [1.29, 1.82) is 0 Å². The maximum Gasteiger partial charge on any atom is 0.338 e. The van der Waals surface area contributed by atoms with E-state index in [2.05, 4.69) is 22.0 Å². The highest BCUT2D eigenvalue weighted by molar-refractivity contribution is 5.69. The number of rotatable bonds is 4. The van der Waals surface area contributed by atoms with Crippen molar-refractivity contribution >= 4 is 11.6 Å². The van der Waals surface area contributed by atoms with E-state index in [1.807, 2.05) is 25.2 Å².